The van der Waals surface area contributed by atoms with E-state index in [9.17, 15) is 0 Å². The minimum atomic E-state index is 1.31. The van der Waals surface area contributed by atoms with Crippen LogP contribution in [-0.4, -0.2) is 0 Å². The van der Waals surface area contributed by atoms with Gasteiger partial charge in [-0.15, -0.1) is 11.8 Å². The van der Waals surface area contributed by atoms with Crippen molar-refractivity contribution in [1.29, 1.82) is 0 Å². The molecule has 4 rings (SSSR count). The second-order valence-electron chi connectivity index (χ2n) is 5.86. The van der Waals surface area contributed by atoms with Crippen LogP contribution in [0.1, 0.15) is 83.1 Å². The van der Waals surface area contributed by atoms with Crippen LogP contribution in [0.2, 0.25) is 0 Å². The third-order valence-electron chi connectivity index (χ3n) is 3.90. The number of benzene rings is 4. The minimum Gasteiger partial charge on any atom is -0.107 e. The van der Waals surface area contributed by atoms with E-state index in [2.05, 4.69) is 109 Å². The number of hydrogen-bond acceptors (Lipinski definition) is 0. The maximum absolute atomic E-state index is 2.68. The van der Waals surface area contributed by atoms with Gasteiger partial charge in [-0.25, -0.2) is 0 Å². The second-order valence-corrected chi connectivity index (χ2v) is 5.86. The Labute approximate surface area is 225 Å². The zero-order chi connectivity index (χ0) is 28.5. The molecule has 0 saturated heterocycles. The first-order valence-electron chi connectivity index (χ1n) is 13.5. The average Bonchev–Trinajstić information content (AvgIpc) is 3.02. The Morgan fingerprint density at radius 1 is 0.361 bits per heavy atom. The number of hydrogen-bond donors (Lipinski definition) is 0. The molecule has 0 atom stereocenters. The molecule has 0 spiro atoms. The highest BCUT2D eigenvalue weighted by atomic mass is 13.9. The first-order chi connectivity index (χ1) is 17.8. The van der Waals surface area contributed by atoms with Crippen LogP contribution in [0, 0.1) is 11.8 Å². The highest BCUT2D eigenvalue weighted by Crippen LogP contribution is 2.12. The molecule has 0 aliphatic heterocycles. The van der Waals surface area contributed by atoms with E-state index >= 15 is 0 Å². The normalized spacial score (nSPS) is 7.67. The molecule has 0 nitrogen and oxygen atoms in total. The van der Waals surface area contributed by atoms with Gasteiger partial charge in [0.15, 0.2) is 0 Å². The van der Waals surface area contributed by atoms with Crippen LogP contribution in [0.15, 0.2) is 109 Å². The van der Waals surface area contributed by atoms with Gasteiger partial charge in [-0.1, -0.05) is 165 Å². The summed E-state index contributed by atoms with van der Waals surface area (Å²) in [6.07, 6.45) is 4.00. The Morgan fingerprint density at radius 3 is 0.583 bits per heavy atom. The lowest BCUT2D eigenvalue weighted by Crippen LogP contribution is -1.67. The lowest BCUT2D eigenvalue weighted by molar-refractivity contribution is 1.50. The van der Waals surface area contributed by atoms with Crippen molar-refractivity contribution in [3.63, 3.8) is 0 Å². The van der Waals surface area contributed by atoms with Crippen molar-refractivity contribution in [2.24, 2.45) is 0 Å². The zero-order valence-electron chi connectivity index (χ0n) is 25.4. The van der Waals surface area contributed by atoms with Crippen LogP contribution < -0.4 is 0 Å². The summed E-state index contributed by atoms with van der Waals surface area (Å²) in [4.78, 5) is 0. The summed E-state index contributed by atoms with van der Waals surface area (Å²) in [6, 6.07) is 33.4. The minimum absolute atomic E-state index is 1.31. The van der Waals surface area contributed by atoms with Crippen molar-refractivity contribution in [2.75, 3.05) is 0 Å². The lowest BCUT2D eigenvalue weighted by Gasteiger charge is -1.92. The van der Waals surface area contributed by atoms with Gasteiger partial charge in [0, 0.05) is 0 Å². The molecule has 0 aliphatic rings. The van der Waals surface area contributed by atoms with Crippen molar-refractivity contribution in [1.82, 2.24) is 0 Å². The lowest BCUT2D eigenvalue weighted by atomic mass is 10.1. The third kappa shape index (κ3) is 22.5. The number of rotatable bonds is 0. The Hall–Kier alpha value is -3.30. The van der Waals surface area contributed by atoms with Gasteiger partial charge >= 0.3 is 0 Å². The van der Waals surface area contributed by atoms with Crippen molar-refractivity contribution in [3.05, 3.63) is 109 Å². The molecule has 4 aromatic carbocycles. The van der Waals surface area contributed by atoms with E-state index in [1.165, 1.54) is 21.5 Å². The largest absolute Gasteiger partial charge is 0.107 e. The van der Waals surface area contributed by atoms with Gasteiger partial charge in [0.1, 0.15) is 0 Å². The highest BCUT2D eigenvalue weighted by molar-refractivity contribution is 5.82. The molecule has 0 N–H and O–H groups in total. The highest BCUT2D eigenvalue weighted by Gasteiger charge is 1.86. The Morgan fingerprint density at radius 2 is 0.500 bits per heavy atom. The van der Waals surface area contributed by atoms with Crippen molar-refractivity contribution in [3.8, 4) is 11.8 Å². The first-order valence-corrected chi connectivity index (χ1v) is 13.5. The summed E-state index contributed by atoms with van der Waals surface area (Å²) >= 11 is 0. The van der Waals surface area contributed by atoms with Crippen molar-refractivity contribution >= 4 is 21.5 Å². The molecule has 198 valence electrons. The smallest absolute Gasteiger partial charge is 0.00271 e. The Kier molecular flexibility index (Phi) is 40.2. The second kappa shape index (κ2) is 36.3. The van der Waals surface area contributed by atoms with Gasteiger partial charge in [-0.3, -0.25) is 0 Å². The van der Waals surface area contributed by atoms with Crippen LogP contribution in [0.4, 0.5) is 0 Å². The molecule has 0 bridgehead atoms. The molecular weight excluding hydrogens is 432 g/mol. The Balaban J connectivity index is -0.000000184. The Bertz CT molecular complexity index is 801. The molecule has 4 aromatic rings. The van der Waals surface area contributed by atoms with Crippen LogP contribution in [0.25, 0.3) is 21.5 Å². The summed E-state index contributed by atoms with van der Waals surface area (Å²) in [5.74, 6) is 5.36. The zero-order valence-corrected chi connectivity index (χ0v) is 25.4. The third-order valence-corrected chi connectivity index (χ3v) is 3.90. The van der Waals surface area contributed by atoms with E-state index in [0.29, 0.717) is 0 Å². The van der Waals surface area contributed by atoms with Crippen molar-refractivity contribution < 1.29 is 0 Å². The number of fused-ring (bicyclic) bond motifs is 2. The predicted octanol–water partition coefficient (Wildman–Crippen LogP) is 12.4. The quantitative estimate of drug-likeness (QED) is 0.171. The molecule has 0 saturated carbocycles. The topological polar surface area (TPSA) is 0 Å². The van der Waals surface area contributed by atoms with Crippen LogP contribution in [-0.2, 0) is 0 Å². The van der Waals surface area contributed by atoms with Gasteiger partial charge in [0.2, 0.25) is 0 Å². The molecule has 0 heteroatoms. The summed E-state index contributed by atoms with van der Waals surface area (Å²) in [7, 11) is 0. The standard InChI is InChI=1S/2C10H8.C4H8.C4H6.4C2H6/c2*1-2-6-10-8-4-3-7-9(10)5-1;2*1-3-4-2;4*1-2/h2*1-8H;3-4H,1-2H3;1-2H3;4*1-2H3. The van der Waals surface area contributed by atoms with E-state index in [1.54, 1.807) is 0 Å². The summed E-state index contributed by atoms with van der Waals surface area (Å²) in [5.41, 5.74) is 0. The fourth-order valence-electron chi connectivity index (χ4n) is 2.27. The molecule has 36 heavy (non-hydrogen) atoms. The van der Waals surface area contributed by atoms with Gasteiger partial charge in [-0.05, 0) is 49.2 Å². The summed E-state index contributed by atoms with van der Waals surface area (Å²) in [6.45, 7) is 23.6. The maximum atomic E-state index is 2.68. The molecule has 0 aromatic heterocycles. The van der Waals surface area contributed by atoms with E-state index in [-0.39, 0.29) is 0 Å². The monoisotopic (exact) mass is 486 g/mol. The molecule has 0 radical (unpaired) electrons. The molecule has 0 unspecified atom stereocenters. The van der Waals surface area contributed by atoms with Crippen LogP contribution >= 0.6 is 0 Å². The molecule has 0 aliphatic carbocycles. The molecule has 0 amide bonds. The van der Waals surface area contributed by atoms with Gasteiger partial charge in [0.05, 0.1) is 0 Å². The maximum Gasteiger partial charge on any atom is -0.00271 e. The van der Waals surface area contributed by atoms with E-state index in [1.807, 2.05) is 95.2 Å². The van der Waals surface area contributed by atoms with Gasteiger partial charge in [-0.2, -0.15) is 0 Å². The van der Waals surface area contributed by atoms with Crippen LogP contribution in [0.3, 0.4) is 0 Å². The average molecular weight is 487 g/mol. The van der Waals surface area contributed by atoms with Crippen molar-refractivity contribution in [2.45, 2.75) is 83.1 Å². The van der Waals surface area contributed by atoms with Gasteiger partial charge in [0.25, 0.3) is 0 Å². The van der Waals surface area contributed by atoms with E-state index in [0.717, 1.165) is 0 Å². The molecular formula is C36H54. The summed E-state index contributed by atoms with van der Waals surface area (Å²) in [5, 5.41) is 5.24. The predicted molar refractivity (Wildman–Crippen MR) is 173 cm³/mol. The molecule has 0 fully saturated rings. The number of allylic oxidation sites excluding steroid dienone is 2. The SMILES string of the molecule is CC.CC.CC.CC.CC#CC.CC=CC.c1ccc2ccccc2c1.c1ccc2ccccc2c1. The van der Waals surface area contributed by atoms with E-state index < -0.39 is 0 Å². The first kappa shape index (κ1) is 39.9. The van der Waals surface area contributed by atoms with Gasteiger partial charge < -0.3 is 0 Å². The summed E-state index contributed by atoms with van der Waals surface area (Å²) < 4.78 is 0. The fourth-order valence-corrected chi connectivity index (χ4v) is 2.27. The fraction of sp³-hybridized carbons (Fsp3) is 0.333. The van der Waals surface area contributed by atoms with Crippen LogP contribution in [0.5, 0.6) is 0 Å². The van der Waals surface area contributed by atoms with E-state index in [4.69, 9.17) is 0 Å². The molecule has 0 heterocycles.